The molecular weight excluding hydrogens is 271 g/mol. The minimum Gasteiger partial charge on any atom is -0.493 e. The van der Waals surface area contributed by atoms with Gasteiger partial charge in [-0.1, -0.05) is 11.6 Å². The average Bonchev–Trinajstić information content (AvgIpc) is 2.95. The van der Waals surface area contributed by atoms with Crippen LogP contribution < -0.4 is 4.74 Å². The van der Waals surface area contributed by atoms with E-state index >= 15 is 0 Å². The summed E-state index contributed by atoms with van der Waals surface area (Å²) in [4.78, 5) is 0. The molecule has 0 aromatic heterocycles. The Morgan fingerprint density at radius 2 is 2.17 bits per heavy atom. The molecule has 98 valence electrons. The van der Waals surface area contributed by atoms with Crippen LogP contribution in [0.25, 0.3) is 0 Å². The Kier molecular flexibility index (Phi) is 3.44. The predicted molar refractivity (Wildman–Crippen MR) is 72.8 cm³/mol. The highest BCUT2D eigenvalue weighted by Crippen LogP contribution is 2.43. The lowest BCUT2D eigenvalue weighted by atomic mass is 10.0. The van der Waals surface area contributed by atoms with Crippen molar-refractivity contribution in [2.24, 2.45) is 0 Å². The molecule has 0 aliphatic carbocycles. The van der Waals surface area contributed by atoms with E-state index in [-0.39, 0.29) is 11.5 Å². The van der Waals surface area contributed by atoms with Gasteiger partial charge in [-0.2, -0.15) is 0 Å². The summed E-state index contributed by atoms with van der Waals surface area (Å²) in [6.07, 6.45) is 3.33. The maximum Gasteiger partial charge on any atom is 0.127 e. The number of halogens is 2. The molecule has 18 heavy (non-hydrogen) atoms. The van der Waals surface area contributed by atoms with Gasteiger partial charge in [-0.15, -0.1) is 11.6 Å². The third-order valence-corrected chi connectivity index (χ3v) is 4.40. The van der Waals surface area contributed by atoms with Crippen LogP contribution in [0, 0.1) is 0 Å². The highest BCUT2D eigenvalue weighted by molar-refractivity contribution is 6.31. The minimum absolute atomic E-state index is 0.0634. The van der Waals surface area contributed by atoms with Gasteiger partial charge < -0.3 is 9.47 Å². The van der Waals surface area contributed by atoms with Crippen molar-refractivity contribution in [3.05, 3.63) is 28.3 Å². The predicted octanol–water partition coefficient (Wildman–Crippen LogP) is 4.12. The van der Waals surface area contributed by atoms with Gasteiger partial charge in [0, 0.05) is 17.0 Å². The van der Waals surface area contributed by atoms with Gasteiger partial charge in [0.2, 0.25) is 0 Å². The van der Waals surface area contributed by atoms with Crippen LogP contribution in [0.4, 0.5) is 0 Å². The molecule has 1 saturated heterocycles. The Morgan fingerprint density at radius 1 is 1.33 bits per heavy atom. The van der Waals surface area contributed by atoms with Gasteiger partial charge >= 0.3 is 0 Å². The Hall–Kier alpha value is -0.440. The van der Waals surface area contributed by atoms with Gasteiger partial charge in [0.05, 0.1) is 24.2 Å². The summed E-state index contributed by atoms with van der Waals surface area (Å²) in [5.41, 5.74) is 2.14. The smallest absolute Gasteiger partial charge is 0.127 e. The highest BCUT2D eigenvalue weighted by atomic mass is 35.5. The van der Waals surface area contributed by atoms with E-state index in [1.54, 1.807) is 0 Å². The van der Waals surface area contributed by atoms with Crippen molar-refractivity contribution in [3.63, 3.8) is 0 Å². The molecule has 1 fully saturated rings. The molecule has 2 nitrogen and oxygen atoms in total. The molecule has 3 rings (SSSR count). The largest absolute Gasteiger partial charge is 0.493 e. The number of rotatable bonds is 2. The molecule has 2 aliphatic heterocycles. The van der Waals surface area contributed by atoms with Crippen LogP contribution in [0.1, 0.15) is 36.3 Å². The molecule has 0 radical (unpaired) electrons. The molecular formula is C14H16Cl2O2. The van der Waals surface area contributed by atoms with Crippen LogP contribution in [0.3, 0.4) is 0 Å². The van der Waals surface area contributed by atoms with Crippen LogP contribution in [-0.2, 0) is 11.2 Å². The first-order chi connectivity index (χ1) is 8.65. The lowest BCUT2D eigenvalue weighted by Gasteiger charge is -2.20. The number of ether oxygens (including phenoxy) is 2. The third kappa shape index (κ3) is 2.22. The number of alkyl halides is 1. The number of hydrogen-bond acceptors (Lipinski definition) is 2. The molecule has 3 unspecified atom stereocenters. The second-order valence-corrected chi connectivity index (χ2v) is 5.95. The Bertz CT molecular complexity index is 461. The summed E-state index contributed by atoms with van der Waals surface area (Å²) in [7, 11) is 0. The number of hydrogen-bond donors (Lipinski definition) is 0. The van der Waals surface area contributed by atoms with Crippen LogP contribution in [0.15, 0.2) is 12.1 Å². The first kappa shape index (κ1) is 12.6. The van der Waals surface area contributed by atoms with Gasteiger partial charge in [0.15, 0.2) is 0 Å². The molecule has 0 bridgehead atoms. The SMILES string of the molecule is CC1CCC(C(Cl)c2cc(Cl)cc3c2OCC3)O1. The van der Waals surface area contributed by atoms with Gasteiger partial charge in [-0.25, -0.2) is 0 Å². The van der Waals surface area contributed by atoms with Crippen molar-refractivity contribution in [1.82, 2.24) is 0 Å². The van der Waals surface area contributed by atoms with Crippen molar-refractivity contribution in [1.29, 1.82) is 0 Å². The summed E-state index contributed by atoms with van der Waals surface area (Å²) < 4.78 is 11.5. The molecule has 0 N–H and O–H groups in total. The first-order valence-electron chi connectivity index (χ1n) is 6.40. The summed E-state index contributed by atoms with van der Waals surface area (Å²) >= 11 is 12.7. The topological polar surface area (TPSA) is 18.5 Å². The van der Waals surface area contributed by atoms with E-state index < -0.39 is 0 Å². The Labute approximate surface area is 117 Å². The molecule has 1 aromatic rings. The summed E-state index contributed by atoms with van der Waals surface area (Å²) in [6.45, 7) is 2.80. The van der Waals surface area contributed by atoms with E-state index in [0.29, 0.717) is 12.7 Å². The maximum atomic E-state index is 6.57. The second-order valence-electron chi connectivity index (χ2n) is 5.05. The molecule has 2 aliphatic rings. The van der Waals surface area contributed by atoms with Gasteiger partial charge in [-0.3, -0.25) is 0 Å². The molecule has 1 aromatic carbocycles. The molecule has 4 heteroatoms. The molecule has 0 spiro atoms. The molecule has 0 amide bonds. The fraction of sp³-hybridized carbons (Fsp3) is 0.571. The number of fused-ring (bicyclic) bond motifs is 1. The Balaban J connectivity index is 1.92. The molecule has 3 atom stereocenters. The zero-order valence-electron chi connectivity index (χ0n) is 10.3. The van der Waals surface area contributed by atoms with Crippen molar-refractivity contribution in [2.75, 3.05) is 6.61 Å². The summed E-state index contributed by atoms with van der Waals surface area (Å²) in [5.74, 6) is 0.919. The summed E-state index contributed by atoms with van der Waals surface area (Å²) in [5, 5.41) is 0.548. The zero-order valence-corrected chi connectivity index (χ0v) is 11.8. The van der Waals surface area contributed by atoms with Crippen molar-refractivity contribution in [2.45, 2.75) is 43.8 Å². The zero-order chi connectivity index (χ0) is 12.7. The third-order valence-electron chi connectivity index (χ3n) is 3.67. The quantitative estimate of drug-likeness (QED) is 0.762. The van der Waals surface area contributed by atoms with Crippen LogP contribution in [-0.4, -0.2) is 18.8 Å². The van der Waals surface area contributed by atoms with E-state index in [1.807, 2.05) is 12.1 Å². The van der Waals surface area contributed by atoms with Crippen molar-refractivity contribution < 1.29 is 9.47 Å². The second kappa shape index (κ2) is 4.92. The van der Waals surface area contributed by atoms with E-state index in [4.69, 9.17) is 32.7 Å². The maximum absolute atomic E-state index is 6.57. The normalized spacial score (nSPS) is 27.9. The van der Waals surface area contributed by atoms with E-state index in [2.05, 4.69) is 6.92 Å². The van der Waals surface area contributed by atoms with Gasteiger partial charge in [-0.05, 0) is 37.5 Å². The molecule has 2 heterocycles. The lowest BCUT2D eigenvalue weighted by Crippen LogP contribution is -2.15. The van der Waals surface area contributed by atoms with E-state index in [0.717, 1.165) is 41.2 Å². The van der Waals surface area contributed by atoms with Gasteiger partial charge in [0.25, 0.3) is 0 Å². The monoisotopic (exact) mass is 286 g/mol. The average molecular weight is 287 g/mol. The fourth-order valence-electron chi connectivity index (χ4n) is 2.75. The van der Waals surface area contributed by atoms with E-state index in [9.17, 15) is 0 Å². The van der Waals surface area contributed by atoms with Crippen molar-refractivity contribution >= 4 is 23.2 Å². The highest BCUT2D eigenvalue weighted by Gasteiger charge is 2.32. The lowest BCUT2D eigenvalue weighted by molar-refractivity contribution is 0.0529. The van der Waals surface area contributed by atoms with Crippen molar-refractivity contribution in [3.8, 4) is 5.75 Å². The molecule has 0 saturated carbocycles. The standard InChI is InChI=1S/C14H16Cl2O2/c1-8-2-3-12(18-8)13(16)11-7-10(15)6-9-4-5-17-14(9)11/h6-8,12-13H,2-5H2,1H3. The fourth-order valence-corrected chi connectivity index (χ4v) is 3.35. The minimum atomic E-state index is -0.180. The van der Waals surface area contributed by atoms with Crippen LogP contribution in [0.2, 0.25) is 5.02 Å². The van der Waals surface area contributed by atoms with Crippen LogP contribution >= 0.6 is 23.2 Å². The Morgan fingerprint density at radius 3 is 2.89 bits per heavy atom. The van der Waals surface area contributed by atoms with Gasteiger partial charge in [0.1, 0.15) is 5.75 Å². The van der Waals surface area contributed by atoms with Crippen LogP contribution in [0.5, 0.6) is 5.75 Å². The first-order valence-corrected chi connectivity index (χ1v) is 7.21. The summed E-state index contributed by atoms with van der Waals surface area (Å²) in [6, 6.07) is 3.88. The number of benzene rings is 1. The van der Waals surface area contributed by atoms with E-state index in [1.165, 1.54) is 0 Å².